The molecule has 0 aliphatic carbocycles. The third-order valence-corrected chi connectivity index (χ3v) is 6.66. The van der Waals surface area contributed by atoms with Gasteiger partial charge in [0, 0.05) is 29.9 Å². The van der Waals surface area contributed by atoms with E-state index in [-0.39, 0.29) is 11.7 Å². The van der Waals surface area contributed by atoms with Crippen molar-refractivity contribution in [1.29, 1.82) is 0 Å². The van der Waals surface area contributed by atoms with Crippen molar-refractivity contribution in [2.45, 2.75) is 26.2 Å². The van der Waals surface area contributed by atoms with E-state index in [1.807, 2.05) is 35.8 Å². The Hall–Kier alpha value is -3.97. The monoisotopic (exact) mass is 482 g/mol. The Morgan fingerprint density at radius 3 is 2.66 bits per heavy atom. The number of hydrogen-bond donors (Lipinski definition) is 1. The normalized spacial score (nSPS) is 11.0. The lowest BCUT2D eigenvalue weighted by Gasteiger charge is -2.13. The van der Waals surface area contributed by atoms with Crippen molar-refractivity contribution in [1.82, 2.24) is 15.0 Å². The standard InChI is InChI=1S/C28H23FN4OS/c1-18-13-21(5-7-24(18)29)28-23(20-6-8-25-26(14-20)35-17-32-25)15-22(16-31-28)33-27(34)4-2-3-19-9-11-30-12-10-19/h5-17H,2-4H2,1H3,(H,33,34). The molecule has 3 heterocycles. The first-order valence-corrected chi connectivity index (χ1v) is 12.2. The number of aromatic nitrogens is 3. The van der Waals surface area contributed by atoms with Gasteiger partial charge in [0.15, 0.2) is 0 Å². The predicted octanol–water partition coefficient (Wildman–Crippen LogP) is 6.83. The maximum absolute atomic E-state index is 13.9. The second-order valence-electron chi connectivity index (χ2n) is 8.38. The van der Waals surface area contributed by atoms with Crippen LogP contribution in [0.15, 0.2) is 78.7 Å². The van der Waals surface area contributed by atoms with Crippen LogP contribution in [0.3, 0.4) is 0 Å². The molecule has 0 saturated heterocycles. The van der Waals surface area contributed by atoms with E-state index >= 15 is 0 Å². The number of carbonyl (C=O) groups is 1. The molecule has 0 aliphatic heterocycles. The highest BCUT2D eigenvalue weighted by molar-refractivity contribution is 7.16. The summed E-state index contributed by atoms with van der Waals surface area (Å²) in [6, 6.07) is 16.9. The molecule has 174 valence electrons. The largest absolute Gasteiger partial charge is 0.325 e. The van der Waals surface area contributed by atoms with E-state index in [2.05, 4.69) is 26.3 Å². The molecule has 0 bridgehead atoms. The highest BCUT2D eigenvalue weighted by Gasteiger charge is 2.14. The molecule has 3 aromatic heterocycles. The van der Waals surface area contributed by atoms with Gasteiger partial charge in [0.2, 0.25) is 5.91 Å². The minimum Gasteiger partial charge on any atom is -0.325 e. The number of amides is 1. The number of hydrogen-bond acceptors (Lipinski definition) is 5. The highest BCUT2D eigenvalue weighted by atomic mass is 32.1. The van der Waals surface area contributed by atoms with E-state index in [0.717, 1.165) is 51.0 Å². The van der Waals surface area contributed by atoms with Gasteiger partial charge in [-0.05, 0) is 85.0 Å². The molecule has 0 spiro atoms. The Morgan fingerprint density at radius 2 is 1.83 bits per heavy atom. The number of pyridine rings is 2. The van der Waals surface area contributed by atoms with Crippen LogP contribution in [-0.4, -0.2) is 20.9 Å². The van der Waals surface area contributed by atoms with Crippen molar-refractivity contribution in [2.75, 3.05) is 5.32 Å². The van der Waals surface area contributed by atoms with Gasteiger partial charge in [0.05, 0.1) is 33.3 Å². The molecule has 0 aliphatic rings. The van der Waals surface area contributed by atoms with E-state index in [0.29, 0.717) is 17.7 Å². The van der Waals surface area contributed by atoms with Crippen molar-refractivity contribution < 1.29 is 9.18 Å². The first-order valence-electron chi connectivity index (χ1n) is 11.4. The first kappa shape index (κ1) is 22.8. The van der Waals surface area contributed by atoms with Crippen LogP contribution in [0.2, 0.25) is 0 Å². The van der Waals surface area contributed by atoms with Crippen molar-refractivity contribution in [3.63, 3.8) is 0 Å². The minimum absolute atomic E-state index is 0.0601. The maximum atomic E-state index is 13.9. The summed E-state index contributed by atoms with van der Waals surface area (Å²) in [5, 5.41) is 2.99. The Labute approximate surface area is 206 Å². The fourth-order valence-electron chi connectivity index (χ4n) is 4.02. The molecular formula is C28H23FN4OS. The van der Waals surface area contributed by atoms with Crippen LogP contribution < -0.4 is 5.32 Å². The number of aryl methyl sites for hydroxylation is 2. The van der Waals surface area contributed by atoms with Crippen LogP contribution in [-0.2, 0) is 11.2 Å². The Kier molecular flexibility index (Phi) is 6.59. The average molecular weight is 483 g/mol. The molecule has 0 atom stereocenters. The average Bonchev–Trinajstić information content (AvgIpc) is 3.34. The minimum atomic E-state index is -0.253. The zero-order chi connectivity index (χ0) is 24.2. The molecule has 2 aromatic carbocycles. The predicted molar refractivity (Wildman–Crippen MR) is 139 cm³/mol. The van der Waals surface area contributed by atoms with Crippen LogP contribution in [0, 0.1) is 12.7 Å². The lowest BCUT2D eigenvalue weighted by molar-refractivity contribution is -0.116. The highest BCUT2D eigenvalue weighted by Crippen LogP contribution is 2.35. The summed E-state index contributed by atoms with van der Waals surface area (Å²) >= 11 is 1.57. The van der Waals surface area contributed by atoms with Crippen molar-refractivity contribution >= 4 is 33.1 Å². The van der Waals surface area contributed by atoms with Gasteiger partial charge in [-0.3, -0.25) is 14.8 Å². The summed E-state index contributed by atoms with van der Waals surface area (Å²) < 4.78 is 15.0. The van der Waals surface area contributed by atoms with Gasteiger partial charge in [-0.25, -0.2) is 9.37 Å². The molecule has 1 amide bonds. The van der Waals surface area contributed by atoms with E-state index in [1.165, 1.54) is 6.07 Å². The topological polar surface area (TPSA) is 67.8 Å². The molecule has 7 heteroatoms. The van der Waals surface area contributed by atoms with Crippen LogP contribution in [0.4, 0.5) is 10.1 Å². The number of thiazole rings is 1. The van der Waals surface area contributed by atoms with Crippen molar-refractivity contribution in [3.05, 3.63) is 95.6 Å². The molecule has 1 N–H and O–H groups in total. The molecule has 0 radical (unpaired) electrons. The van der Waals surface area contributed by atoms with Gasteiger partial charge in [-0.2, -0.15) is 0 Å². The maximum Gasteiger partial charge on any atom is 0.224 e. The zero-order valence-corrected chi connectivity index (χ0v) is 20.0. The fraction of sp³-hybridized carbons (Fsp3) is 0.143. The van der Waals surface area contributed by atoms with Gasteiger partial charge >= 0.3 is 0 Å². The van der Waals surface area contributed by atoms with E-state index in [4.69, 9.17) is 0 Å². The van der Waals surface area contributed by atoms with Gasteiger partial charge in [-0.1, -0.05) is 6.07 Å². The van der Waals surface area contributed by atoms with Crippen LogP contribution in [0.5, 0.6) is 0 Å². The van der Waals surface area contributed by atoms with E-state index in [9.17, 15) is 9.18 Å². The fourth-order valence-corrected chi connectivity index (χ4v) is 4.74. The number of fused-ring (bicyclic) bond motifs is 1. The summed E-state index contributed by atoms with van der Waals surface area (Å²) in [5.41, 5.74) is 8.46. The third-order valence-electron chi connectivity index (χ3n) is 5.86. The van der Waals surface area contributed by atoms with Gasteiger partial charge in [-0.15, -0.1) is 11.3 Å². The first-order chi connectivity index (χ1) is 17.1. The molecule has 0 saturated carbocycles. The number of rotatable bonds is 7. The zero-order valence-electron chi connectivity index (χ0n) is 19.2. The summed E-state index contributed by atoms with van der Waals surface area (Å²) in [4.78, 5) is 25.7. The number of nitrogens with zero attached hydrogens (tertiary/aromatic N) is 3. The summed E-state index contributed by atoms with van der Waals surface area (Å²) in [6.07, 6.45) is 7.14. The Bertz CT molecular complexity index is 1500. The molecule has 5 aromatic rings. The quantitative estimate of drug-likeness (QED) is 0.276. The number of nitrogens with one attached hydrogen (secondary N) is 1. The number of halogens is 1. The van der Waals surface area contributed by atoms with E-state index in [1.54, 1.807) is 49.0 Å². The second-order valence-corrected chi connectivity index (χ2v) is 9.26. The van der Waals surface area contributed by atoms with Crippen molar-refractivity contribution in [3.8, 4) is 22.4 Å². The molecule has 0 fully saturated rings. The van der Waals surface area contributed by atoms with Crippen molar-refractivity contribution in [2.24, 2.45) is 0 Å². The molecule has 5 rings (SSSR count). The van der Waals surface area contributed by atoms with Crippen LogP contribution in [0.25, 0.3) is 32.6 Å². The SMILES string of the molecule is Cc1cc(-c2ncc(NC(=O)CCCc3ccncc3)cc2-c2ccc3ncsc3c2)ccc1F. The summed E-state index contributed by atoms with van der Waals surface area (Å²) in [7, 11) is 0. The van der Waals surface area contributed by atoms with Gasteiger partial charge in [0.25, 0.3) is 0 Å². The summed E-state index contributed by atoms with van der Waals surface area (Å²) in [5.74, 6) is -0.313. The van der Waals surface area contributed by atoms with Gasteiger partial charge in [0.1, 0.15) is 5.82 Å². The lowest BCUT2D eigenvalue weighted by atomic mass is 9.97. The van der Waals surface area contributed by atoms with E-state index < -0.39 is 0 Å². The Morgan fingerprint density at radius 1 is 1.00 bits per heavy atom. The summed E-state index contributed by atoms with van der Waals surface area (Å²) in [6.45, 7) is 1.74. The number of carbonyl (C=O) groups excluding carboxylic acids is 1. The van der Waals surface area contributed by atoms with Gasteiger partial charge < -0.3 is 5.32 Å². The lowest BCUT2D eigenvalue weighted by Crippen LogP contribution is -2.12. The molecular weight excluding hydrogens is 459 g/mol. The van der Waals surface area contributed by atoms with Crippen LogP contribution in [0.1, 0.15) is 24.0 Å². The Balaban J connectivity index is 1.42. The molecule has 35 heavy (non-hydrogen) atoms. The number of anilines is 1. The molecule has 0 unspecified atom stereocenters. The smallest absolute Gasteiger partial charge is 0.224 e. The molecule has 5 nitrogen and oxygen atoms in total. The third kappa shape index (κ3) is 5.25. The second kappa shape index (κ2) is 10.1. The van der Waals surface area contributed by atoms with Crippen LogP contribution >= 0.6 is 11.3 Å². The number of benzene rings is 2.